The van der Waals surface area contributed by atoms with Gasteiger partial charge in [-0.3, -0.25) is 0 Å². The Morgan fingerprint density at radius 3 is 2.84 bits per heavy atom. The number of benzene rings is 1. The Bertz CT molecular complexity index is 419. The Kier molecular flexibility index (Phi) is 4.70. The van der Waals surface area contributed by atoms with Crippen LogP contribution in [-0.4, -0.2) is 32.8 Å². The van der Waals surface area contributed by atoms with Gasteiger partial charge in [-0.15, -0.1) is 0 Å². The normalized spacial score (nSPS) is 23.5. The number of anilines is 1. The van der Waals surface area contributed by atoms with Crippen molar-refractivity contribution in [2.75, 3.05) is 31.6 Å². The van der Waals surface area contributed by atoms with E-state index in [-0.39, 0.29) is 0 Å². The van der Waals surface area contributed by atoms with E-state index >= 15 is 0 Å². The zero-order valence-electron chi connectivity index (χ0n) is 12.6. The van der Waals surface area contributed by atoms with Crippen LogP contribution in [0.4, 0.5) is 5.69 Å². The van der Waals surface area contributed by atoms with Crippen LogP contribution < -0.4 is 15.0 Å². The first-order chi connectivity index (χ1) is 9.15. The summed E-state index contributed by atoms with van der Waals surface area (Å²) in [5.41, 5.74) is 2.53. The van der Waals surface area contributed by atoms with Crippen LogP contribution >= 0.6 is 0 Å². The molecule has 2 atom stereocenters. The van der Waals surface area contributed by atoms with Gasteiger partial charge in [-0.25, -0.2) is 0 Å². The highest BCUT2D eigenvalue weighted by atomic mass is 16.5. The van der Waals surface area contributed by atoms with Gasteiger partial charge in [0.15, 0.2) is 0 Å². The number of methoxy groups -OCH3 is 1. The third-order valence-electron chi connectivity index (χ3n) is 4.05. The highest BCUT2D eigenvalue weighted by Gasteiger charge is 2.26. The van der Waals surface area contributed by atoms with Crippen molar-refractivity contribution in [3.8, 4) is 5.75 Å². The summed E-state index contributed by atoms with van der Waals surface area (Å²) in [6.07, 6.45) is 1.20. The summed E-state index contributed by atoms with van der Waals surface area (Å²) in [5.74, 6) is 1.65. The van der Waals surface area contributed by atoms with E-state index in [0.29, 0.717) is 12.0 Å². The molecular formula is C16H26N2O. The molecule has 0 aromatic heterocycles. The molecule has 0 amide bonds. The molecule has 1 N–H and O–H groups in total. The SMILES string of the molecule is CCNC1CCN(c2cc(C)ccc2OC)CC1C. The van der Waals surface area contributed by atoms with Gasteiger partial charge in [0.1, 0.15) is 5.75 Å². The molecule has 1 aliphatic heterocycles. The van der Waals surface area contributed by atoms with E-state index < -0.39 is 0 Å². The lowest BCUT2D eigenvalue weighted by Crippen LogP contribution is -2.48. The molecule has 0 saturated carbocycles. The molecule has 3 heteroatoms. The second-order valence-electron chi connectivity index (χ2n) is 5.55. The molecule has 1 heterocycles. The molecular weight excluding hydrogens is 236 g/mol. The summed E-state index contributed by atoms with van der Waals surface area (Å²) in [7, 11) is 1.75. The Morgan fingerprint density at radius 2 is 2.21 bits per heavy atom. The average Bonchev–Trinajstić information content (AvgIpc) is 2.41. The van der Waals surface area contributed by atoms with Crippen molar-refractivity contribution < 1.29 is 4.74 Å². The molecule has 19 heavy (non-hydrogen) atoms. The maximum Gasteiger partial charge on any atom is 0.142 e. The summed E-state index contributed by atoms with van der Waals surface area (Å²) in [6.45, 7) is 9.91. The van der Waals surface area contributed by atoms with E-state index in [1.807, 2.05) is 0 Å². The number of hydrogen-bond acceptors (Lipinski definition) is 3. The first-order valence-corrected chi connectivity index (χ1v) is 7.28. The molecule has 0 aliphatic carbocycles. The van der Waals surface area contributed by atoms with Crippen molar-refractivity contribution in [3.63, 3.8) is 0 Å². The van der Waals surface area contributed by atoms with Crippen molar-refractivity contribution >= 4 is 5.69 Å². The van der Waals surface area contributed by atoms with E-state index in [9.17, 15) is 0 Å². The molecule has 106 valence electrons. The number of nitrogens with one attached hydrogen (secondary N) is 1. The Labute approximate surface area is 116 Å². The third kappa shape index (κ3) is 3.21. The van der Waals surface area contributed by atoms with Crippen molar-refractivity contribution in [1.29, 1.82) is 0 Å². The van der Waals surface area contributed by atoms with E-state index in [4.69, 9.17) is 4.74 Å². The summed E-state index contributed by atoms with van der Waals surface area (Å²) in [5, 5.41) is 3.59. The van der Waals surface area contributed by atoms with Crippen LogP contribution in [0.3, 0.4) is 0 Å². The van der Waals surface area contributed by atoms with E-state index in [1.54, 1.807) is 7.11 Å². The molecule has 2 unspecified atom stereocenters. The van der Waals surface area contributed by atoms with Crippen LogP contribution in [0.1, 0.15) is 25.8 Å². The molecule has 0 radical (unpaired) electrons. The number of nitrogens with zero attached hydrogens (tertiary/aromatic N) is 1. The number of hydrogen-bond donors (Lipinski definition) is 1. The summed E-state index contributed by atoms with van der Waals surface area (Å²) < 4.78 is 5.51. The fraction of sp³-hybridized carbons (Fsp3) is 0.625. The van der Waals surface area contributed by atoms with E-state index in [0.717, 1.165) is 25.4 Å². The smallest absolute Gasteiger partial charge is 0.142 e. The second kappa shape index (κ2) is 6.29. The minimum absolute atomic E-state index is 0.650. The van der Waals surface area contributed by atoms with Gasteiger partial charge in [-0.2, -0.15) is 0 Å². The average molecular weight is 262 g/mol. The highest BCUT2D eigenvalue weighted by Crippen LogP contribution is 2.32. The second-order valence-corrected chi connectivity index (χ2v) is 5.55. The van der Waals surface area contributed by atoms with Gasteiger partial charge < -0.3 is 15.0 Å². The highest BCUT2D eigenvalue weighted by molar-refractivity contribution is 5.60. The first-order valence-electron chi connectivity index (χ1n) is 7.28. The van der Waals surface area contributed by atoms with Crippen LogP contribution in [0, 0.1) is 12.8 Å². The predicted molar refractivity (Wildman–Crippen MR) is 81.2 cm³/mol. The minimum atomic E-state index is 0.650. The number of ether oxygens (including phenoxy) is 1. The van der Waals surface area contributed by atoms with Gasteiger partial charge in [0, 0.05) is 19.1 Å². The number of piperidine rings is 1. The number of rotatable bonds is 4. The molecule has 1 aromatic rings. The van der Waals surface area contributed by atoms with Gasteiger partial charge >= 0.3 is 0 Å². The molecule has 2 rings (SSSR count). The molecule has 3 nitrogen and oxygen atoms in total. The minimum Gasteiger partial charge on any atom is -0.495 e. The van der Waals surface area contributed by atoms with Crippen molar-refractivity contribution in [1.82, 2.24) is 5.32 Å². The number of aryl methyl sites for hydroxylation is 1. The summed E-state index contributed by atoms with van der Waals surface area (Å²) >= 11 is 0. The Morgan fingerprint density at radius 1 is 1.42 bits per heavy atom. The lowest BCUT2D eigenvalue weighted by molar-refractivity contribution is 0.324. The zero-order chi connectivity index (χ0) is 13.8. The predicted octanol–water partition coefficient (Wildman–Crippen LogP) is 2.83. The van der Waals surface area contributed by atoms with Gasteiger partial charge in [0.25, 0.3) is 0 Å². The molecule has 1 fully saturated rings. The van der Waals surface area contributed by atoms with Crippen molar-refractivity contribution in [2.24, 2.45) is 5.92 Å². The summed E-state index contributed by atoms with van der Waals surface area (Å²) in [4.78, 5) is 2.46. The molecule has 1 saturated heterocycles. The quantitative estimate of drug-likeness (QED) is 0.903. The summed E-state index contributed by atoms with van der Waals surface area (Å²) in [6, 6.07) is 7.07. The maximum atomic E-state index is 5.51. The fourth-order valence-electron chi connectivity index (χ4n) is 2.98. The largest absolute Gasteiger partial charge is 0.495 e. The fourth-order valence-corrected chi connectivity index (χ4v) is 2.98. The maximum absolute atomic E-state index is 5.51. The van der Waals surface area contributed by atoms with Crippen LogP contribution in [0.5, 0.6) is 5.75 Å². The van der Waals surface area contributed by atoms with Gasteiger partial charge in [-0.1, -0.05) is 19.9 Å². The van der Waals surface area contributed by atoms with E-state index in [1.165, 1.54) is 17.7 Å². The lowest BCUT2D eigenvalue weighted by atomic mass is 9.93. The van der Waals surface area contributed by atoms with Crippen LogP contribution in [-0.2, 0) is 0 Å². The molecule has 1 aliphatic rings. The van der Waals surface area contributed by atoms with Gasteiger partial charge in [0.05, 0.1) is 12.8 Å². The zero-order valence-corrected chi connectivity index (χ0v) is 12.6. The van der Waals surface area contributed by atoms with Crippen LogP contribution in [0.25, 0.3) is 0 Å². The third-order valence-corrected chi connectivity index (χ3v) is 4.05. The molecule has 0 bridgehead atoms. The van der Waals surface area contributed by atoms with Crippen molar-refractivity contribution in [3.05, 3.63) is 23.8 Å². The first kappa shape index (κ1) is 14.2. The lowest BCUT2D eigenvalue weighted by Gasteiger charge is -2.39. The Balaban J connectivity index is 2.13. The van der Waals surface area contributed by atoms with Gasteiger partial charge in [-0.05, 0) is 43.5 Å². The van der Waals surface area contributed by atoms with Crippen molar-refractivity contribution in [2.45, 2.75) is 33.2 Å². The monoisotopic (exact) mass is 262 g/mol. The standard InChI is InChI=1S/C16H26N2O/c1-5-17-14-8-9-18(11-13(14)3)15-10-12(2)6-7-16(15)19-4/h6-7,10,13-14,17H,5,8-9,11H2,1-4H3. The molecule has 1 aromatic carbocycles. The van der Waals surface area contributed by atoms with Crippen LogP contribution in [0.15, 0.2) is 18.2 Å². The Hall–Kier alpha value is -1.22. The molecule has 0 spiro atoms. The van der Waals surface area contributed by atoms with Gasteiger partial charge in [0.2, 0.25) is 0 Å². The van der Waals surface area contributed by atoms with Crippen LogP contribution in [0.2, 0.25) is 0 Å². The topological polar surface area (TPSA) is 24.5 Å². The van der Waals surface area contributed by atoms with E-state index in [2.05, 4.69) is 49.2 Å².